The van der Waals surface area contributed by atoms with Gasteiger partial charge in [0, 0.05) is 31.8 Å². The molecule has 2 rings (SSSR count). The Labute approximate surface area is 105 Å². The van der Waals surface area contributed by atoms with Crippen molar-refractivity contribution >= 4 is 22.9 Å². The molecule has 0 aromatic heterocycles. The second-order valence-electron chi connectivity index (χ2n) is 4.42. The lowest BCUT2D eigenvalue weighted by atomic mass is 10.2. The highest BCUT2D eigenvalue weighted by Gasteiger charge is 2.29. The fourth-order valence-corrected chi connectivity index (χ4v) is 3.21. The van der Waals surface area contributed by atoms with Crippen LogP contribution >= 0.6 is 11.8 Å². The third kappa shape index (κ3) is 2.93. The molecule has 0 bridgehead atoms. The van der Waals surface area contributed by atoms with Crippen LogP contribution < -0.4 is 0 Å². The fraction of sp³-hybridized carbons (Fsp3) is 0.818. The van der Waals surface area contributed by atoms with Gasteiger partial charge in [-0.3, -0.25) is 9.59 Å². The molecule has 2 fully saturated rings. The lowest BCUT2D eigenvalue weighted by Gasteiger charge is -2.24. The molecule has 2 heterocycles. The molecular weight excluding hydrogens is 240 g/mol. The average Bonchev–Trinajstić information content (AvgIpc) is 2.94. The van der Waals surface area contributed by atoms with Gasteiger partial charge in [-0.2, -0.15) is 0 Å². The minimum atomic E-state index is -0.00819. The van der Waals surface area contributed by atoms with E-state index in [2.05, 4.69) is 0 Å². The summed E-state index contributed by atoms with van der Waals surface area (Å²) in [6.07, 6.45) is 2.24. The number of carbonyl (C=O) groups is 2. The highest BCUT2D eigenvalue weighted by molar-refractivity contribution is 8.13. The molecule has 2 saturated heterocycles. The number of hydrogen-bond donors (Lipinski definition) is 1. The van der Waals surface area contributed by atoms with Crippen molar-refractivity contribution in [3.05, 3.63) is 0 Å². The summed E-state index contributed by atoms with van der Waals surface area (Å²) >= 11 is 1.32. The van der Waals surface area contributed by atoms with E-state index in [1.54, 1.807) is 9.80 Å². The van der Waals surface area contributed by atoms with Gasteiger partial charge in [-0.25, -0.2) is 0 Å². The van der Waals surface area contributed by atoms with Gasteiger partial charge in [0.05, 0.1) is 12.6 Å². The van der Waals surface area contributed by atoms with Crippen molar-refractivity contribution in [2.75, 3.05) is 32.0 Å². The maximum Gasteiger partial charge on any atom is 0.281 e. The molecule has 0 radical (unpaired) electrons. The summed E-state index contributed by atoms with van der Waals surface area (Å²) in [7, 11) is 0. The van der Waals surface area contributed by atoms with E-state index in [9.17, 15) is 9.59 Å². The normalized spacial score (nSPS) is 24.8. The Hall–Kier alpha value is -0.750. The molecule has 96 valence electrons. The van der Waals surface area contributed by atoms with Gasteiger partial charge < -0.3 is 14.9 Å². The van der Waals surface area contributed by atoms with Crippen molar-refractivity contribution in [2.45, 2.75) is 25.3 Å². The van der Waals surface area contributed by atoms with E-state index >= 15 is 0 Å². The SMILES string of the molecule is O=C1SCCN1CCC(=O)N1CCC[C@@H]1CO. The van der Waals surface area contributed by atoms with Gasteiger partial charge >= 0.3 is 0 Å². The molecule has 0 aliphatic carbocycles. The van der Waals surface area contributed by atoms with Crippen molar-refractivity contribution in [3.63, 3.8) is 0 Å². The molecule has 1 atom stereocenters. The summed E-state index contributed by atoms with van der Waals surface area (Å²) in [5.41, 5.74) is 0. The van der Waals surface area contributed by atoms with E-state index in [-0.39, 0.29) is 23.8 Å². The van der Waals surface area contributed by atoms with Gasteiger partial charge in [0.25, 0.3) is 5.24 Å². The van der Waals surface area contributed by atoms with Gasteiger partial charge in [0.1, 0.15) is 0 Å². The summed E-state index contributed by atoms with van der Waals surface area (Å²) in [5, 5.41) is 9.23. The number of thioether (sulfide) groups is 1. The van der Waals surface area contributed by atoms with Crippen LogP contribution in [-0.4, -0.2) is 64.1 Å². The third-order valence-corrected chi connectivity index (χ3v) is 4.24. The predicted octanol–water partition coefficient (Wildman–Crippen LogP) is 0.529. The predicted molar refractivity (Wildman–Crippen MR) is 65.9 cm³/mol. The molecule has 2 aliphatic heterocycles. The van der Waals surface area contributed by atoms with Crippen LogP contribution in [0.4, 0.5) is 4.79 Å². The molecule has 0 spiro atoms. The molecule has 2 amide bonds. The standard InChI is InChI=1S/C11H18N2O3S/c14-8-9-2-1-4-13(9)10(15)3-5-12-6-7-17-11(12)16/h9,14H,1-8H2/t9-/m1/s1. The number of hydrogen-bond acceptors (Lipinski definition) is 4. The number of rotatable bonds is 4. The number of amides is 2. The molecule has 2 aliphatic rings. The molecular formula is C11H18N2O3S. The van der Waals surface area contributed by atoms with Crippen LogP contribution in [-0.2, 0) is 4.79 Å². The zero-order valence-electron chi connectivity index (χ0n) is 9.80. The summed E-state index contributed by atoms with van der Waals surface area (Å²) in [4.78, 5) is 26.8. The zero-order valence-corrected chi connectivity index (χ0v) is 10.6. The number of aliphatic hydroxyl groups is 1. The fourth-order valence-electron chi connectivity index (χ4n) is 2.36. The summed E-state index contributed by atoms with van der Waals surface area (Å²) < 4.78 is 0. The van der Waals surface area contributed by atoms with Gasteiger partial charge in [-0.1, -0.05) is 11.8 Å². The van der Waals surface area contributed by atoms with Crippen molar-refractivity contribution in [1.29, 1.82) is 0 Å². The largest absolute Gasteiger partial charge is 0.394 e. The van der Waals surface area contributed by atoms with E-state index in [1.165, 1.54) is 11.8 Å². The van der Waals surface area contributed by atoms with Crippen molar-refractivity contribution in [2.24, 2.45) is 0 Å². The van der Waals surface area contributed by atoms with Crippen LogP contribution in [0.1, 0.15) is 19.3 Å². The first-order valence-electron chi connectivity index (χ1n) is 6.04. The van der Waals surface area contributed by atoms with E-state index in [0.29, 0.717) is 13.0 Å². The van der Waals surface area contributed by atoms with Gasteiger partial charge in [-0.15, -0.1) is 0 Å². The number of likely N-dealkylation sites (tertiary alicyclic amines) is 1. The molecule has 0 aromatic rings. The van der Waals surface area contributed by atoms with Crippen LogP contribution in [0.3, 0.4) is 0 Å². The van der Waals surface area contributed by atoms with Crippen LogP contribution in [0.2, 0.25) is 0 Å². The lowest BCUT2D eigenvalue weighted by molar-refractivity contribution is -0.132. The highest BCUT2D eigenvalue weighted by atomic mass is 32.2. The lowest BCUT2D eigenvalue weighted by Crippen LogP contribution is -2.39. The Kier molecular flexibility index (Phi) is 4.28. The zero-order chi connectivity index (χ0) is 12.3. The number of aliphatic hydroxyl groups excluding tert-OH is 1. The Bertz CT molecular complexity index is 311. The van der Waals surface area contributed by atoms with Crippen LogP contribution in [0.25, 0.3) is 0 Å². The Morgan fingerprint density at radius 3 is 2.94 bits per heavy atom. The van der Waals surface area contributed by atoms with Gasteiger partial charge in [-0.05, 0) is 12.8 Å². The van der Waals surface area contributed by atoms with Crippen molar-refractivity contribution in [3.8, 4) is 0 Å². The molecule has 1 N–H and O–H groups in total. The second kappa shape index (κ2) is 5.73. The topological polar surface area (TPSA) is 60.9 Å². The number of carbonyl (C=O) groups excluding carboxylic acids is 2. The van der Waals surface area contributed by atoms with E-state index in [0.717, 1.165) is 31.7 Å². The van der Waals surface area contributed by atoms with Crippen molar-refractivity contribution < 1.29 is 14.7 Å². The smallest absolute Gasteiger partial charge is 0.281 e. The maximum absolute atomic E-state index is 11.9. The molecule has 6 heteroatoms. The Balaban J connectivity index is 1.78. The van der Waals surface area contributed by atoms with Gasteiger partial charge in [0.2, 0.25) is 5.91 Å². The second-order valence-corrected chi connectivity index (χ2v) is 5.46. The first-order valence-corrected chi connectivity index (χ1v) is 7.03. The molecule has 0 saturated carbocycles. The Morgan fingerprint density at radius 2 is 2.29 bits per heavy atom. The van der Waals surface area contributed by atoms with E-state index in [1.807, 2.05) is 0 Å². The first kappa shape index (κ1) is 12.7. The maximum atomic E-state index is 11.9. The van der Waals surface area contributed by atoms with Crippen molar-refractivity contribution in [1.82, 2.24) is 9.80 Å². The van der Waals surface area contributed by atoms with Crippen LogP contribution in [0.5, 0.6) is 0 Å². The Morgan fingerprint density at radius 1 is 1.47 bits per heavy atom. The molecule has 0 aromatic carbocycles. The van der Waals surface area contributed by atoms with Crippen LogP contribution in [0, 0.1) is 0 Å². The summed E-state index contributed by atoms with van der Waals surface area (Å²) in [5.74, 6) is 0.891. The third-order valence-electron chi connectivity index (χ3n) is 3.35. The van der Waals surface area contributed by atoms with E-state index < -0.39 is 0 Å². The molecule has 17 heavy (non-hydrogen) atoms. The average molecular weight is 258 g/mol. The van der Waals surface area contributed by atoms with Crippen LogP contribution in [0.15, 0.2) is 0 Å². The highest BCUT2D eigenvalue weighted by Crippen LogP contribution is 2.20. The summed E-state index contributed by atoms with van der Waals surface area (Å²) in [6.45, 7) is 2.05. The first-order chi connectivity index (χ1) is 8.22. The minimum Gasteiger partial charge on any atom is -0.394 e. The summed E-state index contributed by atoms with van der Waals surface area (Å²) in [6, 6.07) is -0.00819. The number of nitrogens with zero attached hydrogens (tertiary/aromatic N) is 2. The van der Waals surface area contributed by atoms with Gasteiger partial charge in [0.15, 0.2) is 0 Å². The monoisotopic (exact) mass is 258 g/mol. The van der Waals surface area contributed by atoms with E-state index in [4.69, 9.17) is 5.11 Å². The molecule has 0 unspecified atom stereocenters. The molecule has 5 nitrogen and oxygen atoms in total. The minimum absolute atomic E-state index is 0.00819. The quantitative estimate of drug-likeness (QED) is 0.799.